The van der Waals surface area contributed by atoms with E-state index in [0.717, 1.165) is 10.0 Å². The number of benzene rings is 1. The molecule has 1 aromatic heterocycles. The molecule has 2 aromatic rings. The predicted molar refractivity (Wildman–Crippen MR) is 72.4 cm³/mol. The molecule has 1 atom stereocenters. The summed E-state index contributed by atoms with van der Waals surface area (Å²) in [5, 5.41) is 9.26. The van der Waals surface area contributed by atoms with Gasteiger partial charge in [0.15, 0.2) is 0 Å². The Morgan fingerprint density at radius 2 is 2.16 bits per heavy atom. The Balaban J connectivity index is 2.32. The zero-order chi connectivity index (χ0) is 13.8. The number of halogens is 2. The minimum absolute atomic E-state index is 0.0324. The van der Waals surface area contributed by atoms with Crippen molar-refractivity contribution in [2.45, 2.75) is 12.3 Å². The normalized spacial score (nSPS) is 12.1. The van der Waals surface area contributed by atoms with Crippen LogP contribution in [0.2, 0.25) is 0 Å². The fraction of sp³-hybridized carbons (Fsp3) is 0.143. The van der Waals surface area contributed by atoms with Gasteiger partial charge < -0.3 is 5.11 Å². The van der Waals surface area contributed by atoms with E-state index in [1.807, 2.05) is 24.3 Å². The van der Waals surface area contributed by atoms with Crippen molar-refractivity contribution in [3.8, 4) is 0 Å². The minimum atomic E-state index is -1.09. The van der Waals surface area contributed by atoms with Crippen LogP contribution >= 0.6 is 15.9 Å². The Kier molecular flexibility index (Phi) is 4.27. The molecule has 0 aliphatic carbocycles. The second kappa shape index (κ2) is 5.93. The first-order valence-corrected chi connectivity index (χ1v) is 6.45. The monoisotopic (exact) mass is 323 g/mol. The lowest BCUT2D eigenvalue weighted by Gasteiger charge is -2.12. The predicted octanol–water partition coefficient (Wildman–Crippen LogP) is 3.39. The lowest BCUT2D eigenvalue weighted by atomic mass is 9.95. The first-order chi connectivity index (χ1) is 9.08. The molecule has 0 saturated heterocycles. The summed E-state index contributed by atoms with van der Waals surface area (Å²) in [4.78, 5) is 15.2. The molecule has 19 heavy (non-hydrogen) atoms. The van der Waals surface area contributed by atoms with Crippen molar-refractivity contribution in [2.75, 3.05) is 0 Å². The first kappa shape index (κ1) is 13.7. The van der Waals surface area contributed by atoms with E-state index in [-0.39, 0.29) is 12.1 Å². The van der Waals surface area contributed by atoms with Gasteiger partial charge in [-0.15, -0.1) is 0 Å². The number of aliphatic carboxylic acids is 1. The number of hydrogen-bond acceptors (Lipinski definition) is 2. The summed E-state index contributed by atoms with van der Waals surface area (Å²) in [6.07, 6.45) is 1.60. The molecule has 0 amide bonds. The maximum Gasteiger partial charge on any atom is 0.313 e. The Hall–Kier alpha value is -1.75. The fourth-order valence-corrected chi connectivity index (χ4v) is 2.30. The molecule has 98 valence electrons. The SMILES string of the molecule is O=C(O)C(Cc1cccc(Br)c1)c1ncccc1F. The van der Waals surface area contributed by atoms with Gasteiger partial charge in [-0.25, -0.2) is 4.39 Å². The molecule has 1 unspecified atom stereocenters. The highest BCUT2D eigenvalue weighted by molar-refractivity contribution is 9.10. The third kappa shape index (κ3) is 3.38. The Labute approximate surface area is 118 Å². The van der Waals surface area contributed by atoms with Gasteiger partial charge in [-0.1, -0.05) is 28.1 Å². The Morgan fingerprint density at radius 3 is 2.79 bits per heavy atom. The molecule has 1 N–H and O–H groups in total. The van der Waals surface area contributed by atoms with E-state index in [9.17, 15) is 14.3 Å². The lowest BCUT2D eigenvalue weighted by molar-refractivity contribution is -0.138. The molecule has 1 aromatic carbocycles. The van der Waals surface area contributed by atoms with E-state index >= 15 is 0 Å². The highest BCUT2D eigenvalue weighted by atomic mass is 79.9. The smallest absolute Gasteiger partial charge is 0.313 e. The van der Waals surface area contributed by atoms with Gasteiger partial charge in [-0.05, 0) is 36.2 Å². The van der Waals surface area contributed by atoms with Crippen molar-refractivity contribution < 1.29 is 14.3 Å². The number of aromatic nitrogens is 1. The van der Waals surface area contributed by atoms with E-state index in [4.69, 9.17) is 0 Å². The van der Waals surface area contributed by atoms with E-state index in [1.165, 1.54) is 18.3 Å². The Morgan fingerprint density at radius 1 is 1.37 bits per heavy atom. The van der Waals surface area contributed by atoms with Crippen molar-refractivity contribution in [1.82, 2.24) is 4.98 Å². The zero-order valence-corrected chi connectivity index (χ0v) is 11.5. The van der Waals surface area contributed by atoms with Crippen LogP contribution in [0.15, 0.2) is 47.1 Å². The quantitative estimate of drug-likeness (QED) is 0.938. The minimum Gasteiger partial charge on any atom is -0.481 e. The summed E-state index contributed by atoms with van der Waals surface area (Å²) in [6, 6.07) is 9.95. The highest BCUT2D eigenvalue weighted by Crippen LogP contribution is 2.23. The van der Waals surface area contributed by atoms with E-state index in [1.54, 1.807) is 0 Å². The number of nitrogens with zero attached hydrogens (tertiary/aromatic N) is 1. The molecule has 0 aliphatic heterocycles. The molecule has 1 heterocycles. The molecule has 3 nitrogen and oxygen atoms in total. The molecular weight excluding hydrogens is 313 g/mol. The number of pyridine rings is 1. The maximum atomic E-state index is 13.6. The number of rotatable bonds is 4. The number of carboxylic acid groups (broad SMARTS) is 1. The molecule has 5 heteroatoms. The number of carboxylic acids is 1. The fourth-order valence-electron chi connectivity index (χ4n) is 1.85. The first-order valence-electron chi connectivity index (χ1n) is 5.65. The van der Waals surface area contributed by atoms with Crippen LogP contribution in [0.1, 0.15) is 17.2 Å². The maximum absolute atomic E-state index is 13.6. The van der Waals surface area contributed by atoms with Gasteiger partial charge in [0.2, 0.25) is 0 Å². The van der Waals surface area contributed by atoms with Gasteiger partial charge in [0.25, 0.3) is 0 Å². The summed E-state index contributed by atoms with van der Waals surface area (Å²) in [5.74, 6) is -2.67. The van der Waals surface area contributed by atoms with Gasteiger partial charge in [-0.2, -0.15) is 0 Å². The lowest BCUT2D eigenvalue weighted by Crippen LogP contribution is -2.17. The van der Waals surface area contributed by atoms with Gasteiger partial charge in [0.05, 0.1) is 5.69 Å². The molecule has 0 saturated carbocycles. The van der Waals surface area contributed by atoms with Gasteiger partial charge >= 0.3 is 5.97 Å². The van der Waals surface area contributed by atoms with Crippen LogP contribution in [0.5, 0.6) is 0 Å². The Bertz CT molecular complexity index is 604. The summed E-state index contributed by atoms with van der Waals surface area (Å²) in [6.45, 7) is 0. The van der Waals surface area contributed by atoms with E-state index in [2.05, 4.69) is 20.9 Å². The summed E-state index contributed by atoms with van der Waals surface area (Å²) < 4.78 is 14.5. The highest BCUT2D eigenvalue weighted by Gasteiger charge is 2.24. The van der Waals surface area contributed by atoms with Crippen molar-refractivity contribution in [1.29, 1.82) is 0 Å². The third-order valence-electron chi connectivity index (χ3n) is 2.74. The number of hydrogen-bond donors (Lipinski definition) is 1. The average molecular weight is 324 g/mol. The van der Waals surface area contributed by atoms with Crippen molar-refractivity contribution >= 4 is 21.9 Å². The standard InChI is InChI=1S/C14H11BrFNO2/c15-10-4-1-3-9(7-10)8-11(14(18)19)13-12(16)5-2-6-17-13/h1-7,11H,8H2,(H,18,19). The van der Waals surface area contributed by atoms with Crippen LogP contribution < -0.4 is 0 Å². The van der Waals surface area contributed by atoms with Gasteiger partial charge in [0.1, 0.15) is 11.7 Å². The number of carbonyl (C=O) groups is 1. The van der Waals surface area contributed by atoms with Crippen LogP contribution in [0.3, 0.4) is 0 Å². The second-order valence-electron chi connectivity index (χ2n) is 4.10. The molecule has 0 spiro atoms. The zero-order valence-electron chi connectivity index (χ0n) is 9.88. The van der Waals surface area contributed by atoms with Gasteiger partial charge in [-0.3, -0.25) is 9.78 Å². The molecule has 0 radical (unpaired) electrons. The summed E-state index contributed by atoms with van der Waals surface area (Å²) in [7, 11) is 0. The van der Waals surface area contributed by atoms with Crippen LogP contribution in [0.4, 0.5) is 4.39 Å². The molecule has 2 rings (SSSR count). The topological polar surface area (TPSA) is 50.2 Å². The third-order valence-corrected chi connectivity index (χ3v) is 3.24. The van der Waals surface area contributed by atoms with Crippen molar-refractivity contribution in [3.63, 3.8) is 0 Å². The van der Waals surface area contributed by atoms with Crippen molar-refractivity contribution in [2.24, 2.45) is 0 Å². The van der Waals surface area contributed by atoms with E-state index in [0.29, 0.717) is 0 Å². The van der Waals surface area contributed by atoms with Crippen LogP contribution in [0.25, 0.3) is 0 Å². The average Bonchev–Trinajstić information content (AvgIpc) is 2.37. The molecule has 0 aliphatic rings. The van der Waals surface area contributed by atoms with E-state index < -0.39 is 17.7 Å². The van der Waals surface area contributed by atoms with Crippen LogP contribution in [-0.4, -0.2) is 16.1 Å². The molecular formula is C14H11BrFNO2. The summed E-state index contributed by atoms with van der Waals surface area (Å²) >= 11 is 3.32. The molecule has 0 bridgehead atoms. The second-order valence-corrected chi connectivity index (χ2v) is 5.01. The van der Waals surface area contributed by atoms with Gasteiger partial charge in [0, 0.05) is 10.7 Å². The largest absolute Gasteiger partial charge is 0.481 e. The van der Waals surface area contributed by atoms with Crippen LogP contribution in [-0.2, 0) is 11.2 Å². The summed E-state index contributed by atoms with van der Waals surface area (Å²) in [5.41, 5.74) is 0.779. The van der Waals surface area contributed by atoms with Crippen LogP contribution in [0, 0.1) is 5.82 Å². The molecule has 0 fully saturated rings. The van der Waals surface area contributed by atoms with Crippen molar-refractivity contribution in [3.05, 3.63) is 64.1 Å².